The van der Waals surface area contributed by atoms with E-state index in [1.54, 1.807) is 24.3 Å². The molecule has 0 saturated heterocycles. The van der Waals surface area contributed by atoms with Gasteiger partial charge in [-0.05, 0) is 53.9 Å². The van der Waals surface area contributed by atoms with Gasteiger partial charge in [-0.2, -0.15) is 0 Å². The van der Waals surface area contributed by atoms with Crippen molar-refractivity contribution in [3.8, 4) is 11.5 Å². The van der Waals surface area contributed by atoms with Gasteiger partial charge in [0.05, 0.1) is 6.61 Å². The third-order valence-corrected chi connectivity index (χ3v) is 5.51. The first-order valence-electron chi connectivity index (χ1n) is 10.3. The van der Waals surface area contributed by atoms with Crippen molar-refractivity contribution in [3.05, 3.63) is 89.0 Å². The molecule has 3 aromatic rings. The third kappa shape index (κ3) is 4.62. The van der Waals surface area contributed by atoms with E-state index in [-0.39, 0.29) is 18.6 Å². The van der Waals surface area contributed by atoms with E-state index in [4.69, 9.17) is 4.74 Å². The van der Waals surface area contributed by atoms with E-state index in [9.17, 15) is 22.4 Å². The van der Waals surface area contributed by atoms with Crippen LogP contribution in [-0.2, 0) is 12.0 Å². The number of carbonyl (C=O) groups excluding carboxylic acids is 1. The molecular formula is C24H20F4N2O3. The number of hydrogen-bond acceptors (Lipinski definition) is 4. The molecule has 4 rings (SSSR count). The number of nitrogens with one attached hydrogen (secondary N) is 1. The van der Waals surface area contributed by atoms with Crippen LogP contribution in [0.1, 0.15) is 40.5 Å². The lowest BCUT2D eigenvalue weighted by Gasteiger charge is -2.39. The number of benzene rings is 2. The van der Waals surface area contributed by atoms with Crippen molar-refractivity contribution in [2.45, 2.75) is 31.7 Å². The lowest BCUT2D eigenvalue weighted by atomic mass is 9.81. The van der Waals surface area contributed by atoms with Crippen molar-refractivity contribution < 1.29 is 31.8 Å². The zero-order chi connectivity index (χ0) is 23.6. The summed E-state index contributed by atoms with van der Waals surface area (Å²) >= 11 is 0. The van der Waals surface area contributed by atoms with Gasteiger partial charge in [0.1, 0.15) is 17.0 Å². The van der Waals surface area contributed by atoms with E-state index in [2.05, 4.69) is 15.0 Å². The van der Waals surface area contributed by atoms with E-state index in [1.165, 1.54) is 12.3 Å². The normalized spacial score (nSPS) is 17.6. The Morgan fingerprint density at radius 3 is 2.61 bits per heavy atom. The molecule has 0 radical (unpaired) electrons. The zero-order valence-electron chi connectivity index (χ0n) is 17.6. The number of amides is 1. The number of halogens is 4. The second kappa shape index (κ2) is 8.73. The molecule has 33 heavy (non-hydrogen) atoms. The van der Waals surface area contributed by atoms with Crippen LogP contribution in [0, 0.1) is 5.82 Å². The Balaban J connectivity index is 1.78. The molecule has 0 saturated carbocycles. The van der Waals surface area contributed by atoms with Crippen molar-refractivity contribution in [2.75, 3.05) is 6.61 Å². The quantitative estimate of drug-likeness (QED) is 0.536. The second-order valence-electron chi connectivity index (χ2n) is 7.55. The van der Waals surface area contributed by atoms with E-state index < -0.39 is 29.4 Å². The maximum Gasteiger partial charge on any atom is 0.573 e. The van der Waals surface area contributed by atoms with Crippen molar-refractivity contribution in [1.82, 2.24) is 10.3 Å². The molecule has 1 amide bonds. The molecule has 172 valence electrons. The molecule has 0 spiro atoms. The van der Waals surface area contributed by atoms with Gasteiger partial charge in [0, 0.05) is 18.2 Å². The van der Waals surface area contributed by atoms with Gasteiger partial charge in [0.25, 0.3) is 5.91 Å². The minimum absolute atomic E-state index is 0.177. The van der Waals surface area contributed by atoms with E-state index in [0.717, 1.165) is 24.1 Å². The fraction of sp³-hybridized carbons (Fsp3) is 0.250. The Bertz CT molecular complexity index is 1170. The van der Waals surface area contributed by atoms with Crippen LogP contribution in [0.5, 0.6) is 11.5 Å². The Kier molecular flexibility index (Phi) is 5.97. The van der Waals surface area contributed by atoms with Crippen LogP contribution in [0.25, 0.3) is 0 Å². The van der Waals surface area contributed by atoms with Crippen LogP contribution < -0.4 is 14.8 Å². The summed E-state index contributed by atoms with van der Waals surface area (Å²) in [5, 5.41) is 2.94. The summed E-state index contributed by atoms with van der Waals surface area (Å²) < 4.78 is 61.8. The molecule has 1 aromatic heterocycles. The van der Waals surface area contributed by atoms with Gasteiger partial charge in [0.2, 0.25) is 0 Å². The largest absolute Gasteiger partial charge is 0.573 e. The highest BCUT2D eigenvalue weighted by Gasteiger charge is 2.43. The number of carbonyl (C=O) groups is 1. The summed E-state index contributed by atoms with van der Waals surface area (Å²) in [7, 11) is 0. The SMILES string of the molecule is CCc1ccc(C(=O)NC2(c3ccc(OC(F)(F)F)c(F)c3)CCOc3cccnc32)cc1. The number of ether oxygens (including phenoxy) is 2. The Morgan fingerprint density at radius 2 is 1.94 bits per heavy atom. The number of pyridine rings is 1. The first kappa shape index (κ1) is 22.6. The fourth-order valence-corrected chi connectivity index (χ4v) is 3.87. The summed E-state index contributed by atoms with van der Waals surface area (Å²) in [5.74, 6) is -2.22. The van der Waals surface area contributed by atoms with Crippen molar-refractivity contribution in [3.63, 3.8) is 0 Å². The molecule has 2 heterocycles. The molecule has 2 aromatic carbocycles. The lowest BCUT2D eigenvalue weighted by molar-refractivity contribution is -0.275. The van der Waals surface area contributed by atoms with Crippen LogP contribution in [0.2, 0.25) is 0 Å². The number of rotatable bonds is 5. The van der Waals surface area contributed by atoms with E-state index in [0.29, 0.717) is 17.0 Å². The van der Waals surface area contributed by atoms with Crippen molar-refractivity contribution in [1.29, 1.82) is 0 Å². The number of nitrogens with zero attached hydrogens (tertiary/aromatic N) is 1. The highest BCUT2D eigenvalue weighted by molar-refractivity contribution is 5.95. The zero-order valence-corrected chi connectivity index (χ0v) is 17.6. The predicted octanol–water partition coefficient (Wildman–Crippen LogP) is 5.14. The van der Waals surface area contributed by atoms with Gasteiger partial charge in [0.15, 0.2) is 11.6 Å². The molecule has 0 aliphatic carbocycles. The maximum absolute atomic E-state index is 14.6. The molecular weight excluding hydrogens is 440 g/mol. The predicted molar refractivity (Wildman–Crippen MR) is 111 cm³/mol. The summed E-state index contributed by atoms with van der Waals surface area (Å²) in [6.07, 6.45) is -2.53. The lowest BCUT2D eigenvalue weighted by Crippen LogP contribution is -2.50. The molecule has 1 atom stereocenters. The van der Waals surface area contributed by atoms with Crippen LogP contribution in [0.3, 0.4) is 0 Å². The number of hydrogen-bond donors (Lipinski definition) is 1. The molecule has 0 fully saturated rings. The minimum atomic E-state index is -5.04. The monoisotopic (exact) mass is 460 g/mol. The second-order valence-corrected chi connectivity index (χ2v) is 7.55. The summed E-state index contributed by atoms with van der Waals surface area (Å²) in [6.45, 7) is 2.17. The smallest absolute Gasteiger partial charge is 0.491 e. The maximum atomic E-state index is 14.6. The standard InChI is InChI=1S/C24H20F4N2O3/c1-2-15-5-7-16(8-6-15)22(31)30-23(11-13-32-20-4-3-12-29-21(20)23)17-9-10-19(18(25)14-17)33-24(26,27)28/h3-10,12,14H,2,11,13H2,1H3,(H,30,31). The molecule has 1 N–H and O–H groups in total. The Hall–Kier alpha value is -3.62. The Labute approximate surface area is 187 Å². The van der Waals surface area contributed by atoms with Crippen molar-refractivity contribution >= 4 is 5.91 Å². The average molecular weight is 460 g/mol. The van der Waals surface area contributed by atoms with Gasteiger partial charge in [-0.15, -0.1) is 13.2 Å². The molecule has 0 bridgehead atoms. The van der Waals surface area contributed by atoms with Gasteiger partial charge < -0.3 is 14.8 Å². The molecule has 9 heteroatoms. The highest BCUT2D eigenvalue weighted by Crippen LogP contribution is 2.42. The number of fused-ring (bicyclic) bond motifs is 1. The third-order valence-electron chi connectivity index (χ3n) is 5.51. The Morgan fingerprint density at radius 1 is 1.18 bits per heavy atom. The average Bonchev–Trinajstić information content (AvgIpc) is 2.80. The molecule has 5 nitrogen and oxygen atoms in total. The van der Waals surface area contributed by atoms with Gasteiger partial charge in [-0.25, -0.2) is 4.39 Å². The molecule has 1 aliphatic heterocycles. The minimum Gasteiger partial charge on any atom is -0.491 e. The number of aryl methyl sites for hydroxylation is 1. The molecule has 1 aliphatic rings. The van der Waals surface area contributed by atoms with Crippen LogP contribution in [0.4, 0.5) is 17.6 Å². The van der Waals surface area contributed by atoms with Crippen LogP contribution in [-0.4, -0.2) is 23.9 Å². The van der Waals surface area contributed by atoms with Crippen molar-refractivity contribution in [2.24, 2.45) is 0 Å². The fourth-order valence-electron chi connectivity index (χ4n) is 3.87. The number of alkyl halides is 3. The van der Waals surface area contributed by atoms with Gasteiger partial charge in [-0.3, -0.25) is 9.78 Å². The molecule has 1 unspecified atom stereocenters. The van der Waals surface area contributed by atoms with Gasteiger partial charge >= 0.3 is 6.36 Å². The highest BCUT2D eigenvalue weighted by atomic mass is 19.4. The van der Waals surface area contributed by atoms with Crippen LogP contribution >= 0.6 is 0 Å². The van der Waals surface area contributed by atoms with E-state index in [1.807, 2.05) is 19.1 Å². The first-order chi connectivity index (χ1) is 15.7. The summed E-state index contributed by atoms with van der Waals surface area (Å²) in [6, 6.07) is 13.4. The van der Waals surface area contributed by atoms with Gasteiger partial charge in [-0.1, -0.05) is 25.1 Å². The van der Waals surface area contributed by atoms with E-state index >= 15 is 0 Å². The number of aromatic nitrogens is 1. The van der Waals surface area contributed by atoms with Crippen LogP contribution in [0.15, 0.2) is 60.8 Å². The summed E-state index contributed by atoms with van der Waals surface area (Å²) in [4.78, 5) is 17.6. The first-order valence-corrected chi connectivity index (χ1v) is 10.3. The summed E-state index contributed by atoms with van der Waals surface area (Å²) in [5.41, 5.74) is 0.664. The topological polar surface area (TPSA) is 60.5 Å².